The van der Waals surface area contributed by atoms with Crippen molar-refractivity contribution in [3.05, 3.63) is 76.3 Å². The second-order valence-corrected chi connectivity index (χ2v) is 7.34. The minimum atomic E-state index is -0.302. The van der Waals surface area contributed by atoms with Gasteiger partial charge in [0.25, 0.3) is 0 Å². The third-order valence-electron chi connectivity index (χ3n) is 4.21. The number of ketones is 1. The van der Waals surface area contributed by atoms with Crippen LogP contribution >= 0.6 is 11.8 Å². The molecule has 1 heterocycles. The molecule has 2 amide bonds. The van der Waals surface area contributed by atoms with Crippen LogP contribution in [0.4, 0.5) is 5.69 Å². The Kier molecular flexibility index (Phi) is 5.76. The van der Waals surface area contributed by atoms with Crippen LogP contribution in [0.25, 0.3) is 0 Å². The summed E-state index contributed by atoms with van der Waals surface area (Å²) in [5, 5.41) is 3.28. The van der Waals surface area contributed by atoms with Crippen LogP contribution in [0.1, 0.15) is 21.5 Å². The van der Waals surface area contributed by atoms with Crippen LogP contribution < -0.4 is 5.32 Å². The fourth-order valence-electron chi connectivity index (χ4n) is 2.72. The number of amides is 2. The van der Waals surface area contributed by atoms with Gasteiger partial charge in [-0.05, 0) is 31.5 Å². The highest BCUT2D eigenvalue weighted by molar-refractivity contribution is 8.04. The van der Waals surface area contributed by atoms with Crippen molar-refractivity contribution in [3.8, 4) is 0 Å². The summed E-state index contributed by atoms with van der Waals surface area (Å²) in [4.78, 5) is 38.4. The number of hydrogen-bond acceptors (Lipinski definition) is 4. The molecule has 0 unspecified atom stereocenters. The Balaban J connectivity index is 1.72. The highest BCUT2D eigenvalue weighted by Crippen LogP contribution is 2.29. The Labute approximate surface area is 162 Å². The Bertz CT molecular complexity index is 919. The van der Waals surface area contributed by atoms with Crippen molar-refractivity contribution in [2.24, 2.45) is 0 Å². The Morgan fingerprint density at radius 3 is 2.52 bits per heavy atom. The first-order chi connectivity index (χ1) is 12.9. The van der Waals surface area contributed by atoms with Crippen LogP contribution in [0.5, 0.6) is 0 Å². The normalized spacial score (nSPS) is 15.3. The summed E-state index contributed by atoms with van der Waals surface area (Å²) in [6.45, 7) is 3.71. The summed E-state index contributed by atoms with van der Waals surface area (Å²) in [7, 11) is 0. The van der Waals surface area contributed by atoms with E-state index in [4.69, 9.17) is 0 Å². The zero-order chi connectivity index (χ0) is 19.4. The largest absolute Gasteiger partial charge is 0.325 e. The van der Waals surface area contributed by atoms with Crippen LogP contribution in [0, 0.1) is 13.8 Å². The van der Waals surface area contributed by atoms with E-state index in [9.17, 15) is 14.4 Å². The first kappa shape index (κ1) is 18.9. The minimum absolute atomic E-state index is 0.118. The zero-order valence-corrected chi connectivity index (χ0v) is 16.0. The lowest BCUT2D eigenvalue weighted by molar-refractivity contribution is -0.129. The van der Waals surface area contributed by atoms with E-state index >= 15 is 0 Å². The maximum atomic E-state index is 12.6. The van der Waals surface area contributed by atoms with Gasteiger partial charge >= 0.3 is 0 Å². The molecule has 2 aromatic rings. The first-order valence-corrected chi connectivity index (χ1v) is 9.54. The first-order valence-electron chi connectivity index (χ1n) is 8.55. The van der Waals surface area contributed by atoms with Crippen molar-refractivity contribution in [1.82, 2.24) is 4.90 Å². The van der Waals surface area contributed by atoms with Gasteiger partial charge in [0, 0.05) is 17.3 Å². The van der Waals surface area contributed by atoms with Gasteiger partial charge < -0.3 is 5.32 Å². The molecule has 0 saturated carbocycles. The van der Waals surface area contributed by atoms with E-state index in [1.165, 1.54) is 22.7 Å². The lowest BCUT2D eigenvalue weighted by Crippen LogP contribution is -2.34. The Morgan fingerprint density at radius 2 is 1.81 bits per heavy atom. The lowest BCUT2D eigenvalue weighted by atomic mass is 10.1. The van der Waals surface area contributed by atoms with Crippen molar-refractivity contribution < 1.29 is 14.4 Å². The van der Waals surface area contributed by atoms with Crippen LogP contribution in [0.15, 0.2) is 59.6 Å². The average molecular weight is 380 g/mol. The summed E-state index contributed by atoms with van der Waals surface area (Å²) in [6.07, 6.45) is 1.44. The molecule has 0 bridgehead atoms. The van der Waals surface area contributed by atoms with Crippen molar-refractivity contribution in [2.45, 2.75) is 13.8 Å². The van der Waals surface area contributed by atoms with Crippen LogP contribution in [0.2, 0.25) is 0 Å². The Hall–Kier alpha value is -2.86. The third kappa shape index (κ3) is 4.65. The second-order valence-electron chi connectivity index (χ2n) is 6.34. The molecule has 0 aromatic heterocycles. The number of aryl methyl sites for hydroxylation is 2. The molecule has 0 radical (unpaired) electrons. The zero-order valence-electron chi connectivity index (χ0n) is 15.2. The molecule has 1 aliphatic heterocycles. The molecule has 3 rings (SSSR count). The average Bonchev–Trinajstić information content (AvgIpc) is 2.97. The predicted octanol–water partition coefficient (Wildman–Crippen LogP) is 3.54. The molecule has 5 nitrogen and oxygen atoms in total. The molecule has 1 saturated heterocycles. The molecule has 0 aliphatic carbocycles. The Morgan fingerprint density at radius 1 is 1.11 bits per heavy atom. The van der Waals surface area contributed by atoms with Crippen molar-refractivity contribution in [2.75, 3.05) is 17.6 Å². The van der Waals surface area contributed by atoms with E-state index < -0.39 is 0 Å². The molecule has 1 fully saturated rings. The number of hydrogen-bond donors (Lipinski definition) is 1. The summed E-state index contributed by atoms with van der Waals surface area (Å²) >= 11 is 1.27. The lowest BCUT2D eigenvalue weighted by Gasteiger charge is -2.17. The minimum Gasteiger partial charge on any atom is -0.325 e. The smallest absolute Gasteiger partial charge is 0.244 e. The number of nitrogens with one attached hydrogen (secondary N) is 1. The van der Waals surface area contributed by atoms with Gasteiger partial charge in [-0.25, -0.2) is 0 Å². The maximum Gasteiger partial charge on any atom is 0.244 e. The number of anilines is 1. The second kappa shape index (κ2) is 8.22. The number of allylic oxidation sites excluding steroid dienone is 1. The van der Waals surface area contributed by atoms with E-state index in [1.54, 1.807) is 12.1 Å². The maximum absolute atomic E-state index is 12.6. The summed E-state index contributed by atoms with van der Waals surface area (Å²) in [6, 6.07) is 14.7. The van der Waals surface area contributed by atoms with Gasteiger partial charge in [-0.2, -0.15) is 0 Å². The molecule has 1 aliphatic rings. The molecule has 2 aromatic carbocycles. The van der Waals surface area contributed by atoms with Gasteiger partial charge in [0.05, 0.1) is 10.8 Å². The van der Waals surface area contributed by atoms with Gasteiger partial charge in [-0.15, -0.1) is 0 Å². The molecule has 0 spiro atoms. The standard InChI is InChI=1S/C21H20N2O3S/c1-14-7-9-16(10-8-14)22-19(25)12-23-20(26)13-27-21(23)11-18(24)17-6-4-3-5-15(17)2/h3-11H,12-13H2,1-2H3,(H,22,25)/b21-11-. The van der Waals surface area contributed by atoms with E-state index in [0.29, 0.717) is 16.3 Å². The monoisotopic (exact) mass is 380 g/mol. The molecular weight excluding hydrogens is 360 g/mol. The molecule has 6 heteroatoms. The molecule has 0 atom stereocenters. The molecule has 138 valence electrons. The highest BCUT2D eigenvalue weighted by atomic mass is 32.2. The quantitative estimate of drug-likeness (QED) is 0.636. The van der Waals surface area contributed by atoms with Crippen molar-refractivity contribution in [1.29, 1.82) is 0 Å². The summed E-state index contributed by atoms with van der Waals surface area (Å²) in [5.41, 5.74) is 3.23. The van der Waals surface area contributed by atoms with Gasteiger partial charge in [0.15, 0.2) is 5.78 Å². The third-order valence-corrected chi connectivity index (χ3v) is 5.24. The van der Waals surface area contributed by atoms with E-state index in [2.05, 4.69) is 5.32 Å². The van der Waals surface area contributed by atoms with E-state index in [0.717, 1.165) is 11.1 Å². The van der Waals surface area contributed by atoms with E-state index in [-0.39, 0.29) is 29.9 Å². The highest BCUT2D eigenvalue weighted by Gasteiger charge is 2.29. The molecular formula is C21H20N2O3S. The van der Waals surface area contributed by atoms with Crippen molar-refractivity contribution >= 4 is 35.0 Å². The number of carbonyl (C=O) groups excluding carboxylic acids is 3. The molecule has 27 heavy (non-hydrogen) atoms. The fraction of sp³-hybridized carbons (Fsp3) is 0.190. The predicted molar refractivity (Wildman–Crippen MR) is 108 cm³/mol. The fourth-order valence-corrected chi connectivity index (χ4v) is 3.66. The van der Waals surface area contributed by atoms with Crippen LogP contribution in [0.3, 0.4) is 0 Å². The summed E-state index contributed by atoms with van der Waals surface area (Å²) in [5.74, 6) is -0.425. The number of rotatable bonds is 5. The van der Waals surface area contributed by atoms with Crippen LogP contribution in [-0.4, -0.2) is 34.8 Å². The number of carbonyl (C=O) groups is 3. The number of nitrogens with zero attached hydrogens (tertiary/aromatic N) is 1. The van der Waals surface area contributed by atoms with Gasteiger partial charge in [-0.1, -0.05) is 53.7 Å². The number of benzene rings is 2. The van der Waals surface area contributed by atoms with E-state index in [1.807, 2.05) is 50.2 Å². The van der Waals surface area contributed by atoms with Crippen molar-refractivity contribution in [3.63, 3.8) is 0 Å². The SMILES string of the molecule is Cc1ccc(NC(=O)CN2C(=O)CS/C2=C\C(=O)c2ccccc2C)cc1. The van der Waals surface area contributed by atoms with Gasteiger partial charge in [0.2, 0.25) is 11.8 Å². The topological polar surface area (TPSA) is 66.5 Å². The molecule has 1 N–H and O–H groups in total. The van der Waals surface area contributed by atoms with Crippen LogP contribution in [-0.2, 0) is 9.59 Å². The summed E-state index contributed by atoms with van der Waals surface area (Å²) < 4.78 is 0. The van der Waals surface area contributed by atoms with Gasteiger partial charge in [-0.3, -0.25) is 19.3 Å². The number of thioether (sulfide) groups is 1. The van der Waals surface area contributed by atoms with Gasteiger partial charge in [0.1, 0.15) is 6.54 Å².